The predicted octanol–water partition coefficient (Wildman–Crippen LogP) is 2.63. The second-order valence-electron chi connectivity index (χ2n) is 4.44. The number of aromatic nitrogens is 2. The molecule has 0 unspecified atom stereocenters. The summed E-state index contributed by atoms with van der Waals surface area (Å²) in [6, 6.07) is 2.10. The van der Waals surface area contributed by atoms with Gasteiger partial charge in [-0.25, -0.2) is 0 Å². The Morgan fingerprint density at radius 1 is 1.38 bits per heavy atom. The van der Waals surface area contributed by atoms with Crippen molar-refractivity contribution in [1.82, 2.24) is 9.78 Å². The van der Waals surface area contributed by atoms with Crippen molar-refractivity contribution in [3.05, 3.63) is 11.3 Å². The molecule has 0 aromatic carbocycles. The molecule has 1 aromatic heterocycles. The van der Waals surface area contributed by atoms with Crippen molar-refractivity contribution in [3.63, 3.8) is 0 Å². The van der Waals surface area contributed by atoms with E-state index < -0.39 is 0 Å². The first-order valence-electron chi connectivity index (χ1n) is 5.58. The molecule has 16 heavy (non-hydrogen) atoms. The highest BCUT2D eigenvalue weighted by Crippen LogP contribution is 2.29. The average Bonchev–Trinajstić information content (AvgIpc) is 2.42. The van der Waals surface area contributed by atoms with Crippen LogP contribution in [0.5, 0.6) is 5.88 Å². The minimum Gasteiger partial charge on any atom is -0.474 e. The summed E-state index contributed by atoms with van der Waals surface area (Å²) in [7, 11) is 0. The van der Waals surface area contributed by atoms with E-state index in [1.807, 2.05) is 20.8 Å². The van der Waals surface area contributed by atoms with Crippen molar-refractivity contribution in [2.24, 2.45) is 0 Å². The number of rotatable bonds is 4. The van der Waals surface area contributed by atoms with Gasteiger partial charge in [-0.15, -0.1) is 5.10 Å². The van der Waals surface area contributed by atoms with Crippen molar-refractivity contribution in [3.8, 4) is 11.9 Å². The number of hydrogen-bond acceptors (Lipinski definition) is 3. The monoisotopic (exact) mass is 221 g/mol. The molecule has 0 radical (unpaired) electrons. The molecule has 0 atom stereocenters. The van der Waals surface area contributed by atoms with E-state index in [1.165, 1.54) is 0 Å². The lowest BCUT2D eigenvalue weighted by molar-refractivity contribution is 0.227. The topological polar surface area (TPSA) is 50.8 Å². The van der Waals surface area contributed by atoms with Gasteiger partial charge >= 0.3 is 0 Å². The summed E-state index contributed by atoms with van der Waals surface area (Å²) in [6.45, 7) is 10.4. The van der Waals surface area contributed by atoms with Crippen LogP contribution in [0.1, 0.15) is 44.9 Å². The van der Waals surface area contributed by atoms with Gasteiger partial charge < -0.3 is 4.74 Å². The first-order valence-corrected chi connectivity index (χ1v) is 5.58. The van der Waals surface area contributed by atoms with Crippen molar-refractivity contribution in [2.45, 2.75) is 53.2 Å². The molecular weight excluding hydrogens is 202 g/mol. The Morgan fingerprint density at radius 3 is 2.44 bits per heavy atom. The Kier molecular flexibility index (Phi) is 3.94. The highest BCUT2D eigenvalue weighted by molar-refractivity contribution is 5.34. The fourth-order valence-corrected chi connectivity index (χ4v) is 1.73. The molecule has 0 aliphatic rings. The molecule has 0 saturated carbocycles. The summed E-state index contributed by atoms with van der Waals surface area (Å²) in [5, 5.41) is 13.0. The van der Waals surface area contributed by atoms with Crippen LogP contribution >= 0.6 is 0 Å². The fraction of sp³-hybridized carbons (Fsp3) is 0.667. The lowest BCUT2D eigenvalue weighted by atomic mass is 10.0. The van der Waals surface area contributed by atoms with Crippen LogP contribution in [0, 0.1) is 18.3 Å². The third kappa shape index (κ3) is 2.54. The fourth-order valence-electron chi connectivity index (χ4n) is 1.73. The number of nitrogens with zero attached hydrogens (tertiary/aromatic N) is 3. The molecule has 1 heterocycles. The van der Waals surface area contributed by atoms with Gasteiger partial charge in [0.05, 0.1) is 12.2 Å². The Morgan fingerprint density at radius 2 is 2.00 bits per heavy atom. The number of hydrogen-bond donors (Lipinski definition) is 0. The van der Waals surface area contributed by atoms with Crippen LogP contribution in [0.4, 0.5) is 0 Å². The largest absolute Gasteiger partial charge is 0.474 e. The number of ether oxygens (including phenoxy) is 1. The van der Waals surface area contributed by atoms with E-state index in [0.29, 0.717) is 11.8 Å². The van der Waals surface area contributed by atoms with Crippen molar-refractivity contribution < 1.29 is 4.74 Å². The van der Waals surface area contributed by atoms with Gasteiger partial charge in [0.25, 0.3) is 0 Å². The highest BCUT2D eigenvalue weighted by atomic mass is 16.5. The Balaban J connectivity index is 3.15. The molecule has 0 bridgehead atoms. The van der Waals surface area contributed by atoms with Gasteiger partial charge in [0.2, 0.25) is 5.88 Å². The molecule has 88 valence electrons. The predicted molar refractivity (Wildman–Crippen MR) is 62.4 cm³/mol. The lowest BCUT2D eigenvalue weighted by Crippen LogP contribution is -2.08. The van der Waals surface area contributed by atoms with Crippen LogP contribution in [-0.4, -0.2) is 15.9 Å². The lowest BCUT2D eigenvalue weighted by Gasteiger charge is -2.10. The minimum absolute atomic E-state index is 0.0994. The van der Waals surface area contributed by atoms with Gasteiger partial charge in [-0.05, 0) is 26.7 Å². The third-order valence-electron chi connectivity index (χ3n) is 2.36. The van der Waals surface area contributed by atoms with Crippen molar-refractivity contribution in [2.75, 3.05) is 0 Å². The van der Waals surface area contributed by atoms with Crippen molar-refractivity contribution in [1.29, 1.82) is 5.26 Å². The second kappa shape index (κ2) is 5.02. The minimum atomic E-state index is 0.0994. The average molecular weight is 221 g/mol. The second-order valence-corrected chi connectivity index (χ2v) is 4.44. The van der Waals surface area contributed by atoms with E-state index >= 15 is 0 Å². The van der Waals surface area contributed by atoms with E-state index in [2.05, 4.69) is 25.0 Å². The molecule has 0 aliphatic heterocycles. The summed E-state index contributed by atoms with van der Waals surface area (Å²) in [5.41, 5.74) is 2.12. The molecular formula is C12H19N3O. The van der Waals surface area contributed by atoms with E-state index in [4.69, 9.17) is 10.00 Å². The standard InChI is InChI=1S/C12H19N3O/c1-8(2)11-10(5)15(7-6-13)14-12(11)16-9(3)4/h8-9H,7H2,1-5H3. The van der Waals surface area contributed by atoms with E-state index in [-0.39, 0.29) is 12.6 Å². The zero-order valence-corrected chi connectivity index (χ0v) is 10.6. The maximum absolute atomic E-state index is 8.71. The van der Waals surface area contributed by atoms with Crippen LogP contribution < -0.4 is 4.74 Å². The van der Waals surface area contributed by atoms with Crippen LogP contribution in [0.15, 0.2) is 0 Å². The molecule has 0 aliphatic carbocycles. The van der Waals surface area contributed by atoms with Gasteiger partial charge in [0.15, 0.2) is 0 Å². The SMILES string of the molecule is Cc1c(C(C)C)c(OC(C)C)nn1CC#N. The highest BCUT2D eigenvalue weighted by Gasteiger charge is 2.19. The summed E-state index contributed by atoms with van der Waals surface area (Å²) in [4.78, 5) is 0. The maximum Gasteiger partial charge on any atom is 0.236 e. The Bertz CT molecular complexity index is 399. The summed E-state index contributed by atoms with van der Waals surface area (Å²) in [5.74, 6) is 1.01. The van der Waals surface area contributed by atoms with E-state index in [1.54, 1.807) is 4.68 Å². The summed E-state index contributed by atoms with van der Waals surface area (Å²) < 4.78 is 7.37. The summed E-state index contributed by atoms with van der Waals surface area (Å²) in [6.07, 6.45) is 0.0994. The van der Waals surface area contributed by atoms with E-state index in [0.717, 1.165) is 11.3 Å². The molecule has 4 heteroatoms. The van der Waals surface area contributed by atoms with Crippen LogP contribution in [0.3, 0.4) is 0 Å². The van der Waals surface area contributed by atoms with Crippen molar-refractivity contribution >= 4 is 0 Å². The molecule has 0 spiro atoms. The smallest absolute Gasteiger partial charge is 0.236 e. The molecule has 1 aromatic rings. The van der Waals surface area contributed by atoms with E-state index in [9.17, 15) is 0 Å². The first kappa shape index (κ1) is 12.6. The van der Waals surface area contributed by atoms with Gasteiger partial charge in [0, 0.05) is 11.3 Å². The normalized spacial score (nSPS) is 10.9. The van der Waals surface area contributed by atoms with Gasteiger partial charge in [-0.3, -0.25) is 4.68 Å². The zero-order valence-electron chi connectivity index (χ0n) is 10.6. The molecule has 0 saturated heterocycles. The van der Waals surface area contributed by atoms with Gasteiger partial charge in [-0.2, -0.15) is 5.26 Å². The Hall–Kier alpha value is -1.50. The molecule has 0 fully saturated rings. The molecule has 0 N–H and O–H groups in total. The van der Waals surface area contributed by atoms with Crippen LogP contribution in [0.2, 0.25) is 0 Å². The Labute approximate surface area is 96.8 Å². The van der Waals surface area contributed by atoms with Gasteiger partial charge in [-0.1, -0.05) is 13.8 Å². The quantitative estimate of drug-likeness (QED) is 0.785. The first-order chi connectivity index (χ1) is 7.47. The maximum atomic E-state index is 8.71. The zero-order chi connectivity index (χ0) is 12.3. The molecule has 0 amide bonds. The summed E-state index contributed by atoms with van der Waals surface area (Å²) >= 11 is 0. The van der Waals surface area contributed by atoms with Gasteiger partial charge in [0.1, 0.15) is 6.54 Å². The van der Waals surface area contributed by atoms with Crippen LogP contribution in [-0.2, 0) is 6.54 Å². The third-order valence-corrected chi connectivity index (χ3v) is 2.36. The number of nitriles is 1. The molecule has 1 rings (SSSR count). The molecule has 4 nitrogen and oxygen atoms in total. The van der Waals surface area contributed by atoms with Crippen LogP contribution in [0.25, 0.3) is 0 Å².